The molecular formula is C17H17NO. The van der Waals surface area contributed by atoms with Crippen LogP contribution in [0.15, 0.2) is 42.0 Å². The number of rotatable bonds is 2. The topological polar surface area (TPSA) is 30.0 Å². The van der Waals surface area contributed by atoms with Gasteiger partial charge in [0.25, 0.3) is 0 Å². The van der Waals surface area contributed by atoms with Crippen molar-refractivity contribution in [1.82, 2.24) is 4.98 Å². The second kappa shape index (κ2) is 4.96. The fourth-order valence-corrected chi connectivity index (χ4v) is 2.67. The van der Waals surface area contributed by atoms with Crippen molar-refractivity contribution in [2.45, 2.75) is 32.6 Å². The SMILES string of the molecule is Cc1cc(C(=O)C2=CCCCC2)nc2ccccc12. The molecular weight excluding hydrogens is 234 g/mol. The first-order chi connectivity index (χ1) is 9.25. The number of carbonyl (C=O) groups is 1. The molecule has 0 radical (unpaired) electrons. The van der Waals surface area contributed by atoms with Crippen molar-refractivity contribution >= 4 is 16.7 Å². The van der Waals surface area contributed by atoms with Gasteiger partial charge in [0.15, 0.2) is 0 Å². The van der Waals surface area contributed by atoms with Crippen LogP contribution in [0.5, 0.6) is 0 Å². The number of pyridine rings is 1. The lowest BCUT2D eigenvalue weighted by Gasteiger charge is -2.12. The van der Waals surface area contributed by atoms with Crippen LogP contribution in [0, 0.1) is 6.92 Å². The summed E-state index contributed by atoms with van der Waals surface area (Å²) in [6.45, 7) is 2.04. The van der Waals surface area contributed by atoms with Gasteiger partial charge in [0.1, 0.15) is 5.69 Å². The lowest BCUT2D eigenvalue weighted by Crippen LogP contribution is -2.09. The molecule has 0 aliphatic heterocycles. The highest BCUT2D eigenvalue weighted by Gasteiger charge is 2.16. The van der Waals surface area contributed by atoms with Gasteiger partial charge in [-0.05, 0) is 55.9 Å². The third-order valence-electron chi connectivity index (χ3n) is 3.74. The van der Waals surface area contributed by atoms with Crippen molar-refractivity contribution in [3.8, 4) is 0 Å². The van der Waals surface area contributed by atoms with Gasteiger partial charge >= 0.3 is 0 Å². The predicted molar refractivity (Wildman–Crippen MR) is 77.4 cm³/mol. The first-order valence-electron chi connectivity index (χ1n) is 6.86. The van der Waals surface area contributed by atoms with Gasteiger partial charge in [-0.3, -0.25) is 4.79 Å². The number of aryl methyl sites for hydroxylation is 1. The minimum Gasteiger partial charge on any atom is -0.287 e. The molecule has 0 unspecified atom stereocenters. The molecule has 0 atom stereocenters. The smallest absolute Gasteiger partial charge is 0.207 e. The number of hydrogen-bond acceptors (Lipinski definition) is 2. The quantitative estimate of drug-likeness (QED) is 0.748. The number of benzene rings is 1. The molecule has 2 aromatic rings. The maximum atomic E-state index is 12.5. The maximum Gasteiger partial charge on any atom is 0.207 e. The van der Waals surface area contributed by atoms with E-state index >= 15 is 0 Å². The van der Waals surface area contributed by atoms with Gasteiger partial charge < -0.3 is 0 Å². The molecule has 2 heteroatoms. The van der Waals surface area contributed by atoms with Crippen LogP contribution in [0.2, 0.25) is 0 Å². The van der Waals surface area contributed by atoms with Crippen LogP contribution in [0.25, 0.3) is 10.9 Å². The van der Waals surface area contributed by atoms with E-state index in [9.17, 15) is 4.79 Å². The number of carbonyl (C=O) groups excluding carboxylic acids is 1. The number of hydrogen-bond donors (Lipinski definition) is 0. The second-order valence-electron chi connectivity index (χ2n) is 5.15. The normalized spacial score (nSPS) is 15.3. The fraction of sp³-hybridized carbons (Fsp3) is 0.294. The third kappa shape index (κ3) is 2.30. The molecule has 0 bridgehead atoms. The third-order valence-corrected chi connectivity index (χ3v) is 3.74. The average Bonchev–Trinajstić information content (AvgIpc) is 2.47. The highest BCUT2D eigenvalue weighted by molar-refractivity contribution is 6.08. The molecule has 3 rings (SSSR count). The highest BCUT2D eigenvalue weighted by Crippen LogP contribution is 2.23. The van der Waals surface area contributed by atoms with Gasteiger partial charge in [-0.25, -0.2) is 4.98 Å². The van der Waals surface area contributed by atoms with Crippen molar-refractivity contribution in [3.63, 3.8) is 0 Å². The van der Waals surface area contributed by atoms with E-state index in [0.717, 1.165) is 41.3 Å². The molecule has 19 heavy (non-hydrogen) atoms. The Kier molecular flexibility index (Phi) is 3.16. The van der Waals surface area contributed by atoms with E-state index < -0.39 is 0 Å². The molecule has 96 valence electrons. The van der Waals surface area contributed by atoms with Gasteiger partial charge in [-0.15, -0.1) is 0 Å². The Morgan fingerprint density at radius 3 is 2.84 bits per heavy atom. The second-order valence-corrected chi connectivity index (χ2v) is 5.15. The lowest BCUT2D eigenvalue weighted by molar-refractivity contribution is 0.102. The van der Waals surface area contributed by atoms with Crippen molar-refractivity contribution in [2.75, 3.05) is 0 Å². The standard InChI is InChI=1S/C17H17NO/c1-12-11-16(17(19)13-7-3-2-4-8-13)18-15-10-6-5-9-14(12)15/h5-7,9-11H,2-4,8H2,1H3. The average molecular weight is 251 g/mol. The van der Waals surface area contributed by atoms with Gasteiger partial charge in [0, 0.05) is 5.39 Å². The number of fused-ring (bicyclic) bond motifs is 1. The number of aromatic nitrogens is 1. The van der Waals surface area contributed by atoms with Crippen LogP contribution in [0.1, 0.15) is 41.7 Å². The van der Waals surface area contributed by atoms with Crippen molar-refractivity contribution in [2.24, 2.45) is 0 Å². The Morgan fingerprint density at radius 2 is 2.05 bits per heavy atom. The predicted octanol–water partition coefficient (Wildman–Crippen LogP) is 4.23. The van der Waals surface area contributed by atoms with E-state index in [1.165, 1.54) is 6.42 Å². The van der Waals surface area contributed by atoms with Crippen molar-refractivity contribution < 1.29 is 4.79 Å². The summed E-state index contributed by atoms with van der Waals surface area (Å²) in [7, 11) is 0. The number of Topliss-reactive ketones (excluding diaryl/α,β-unsaturated/α-hetero) is 1. The summed E-state index contributed by atoms with van der Waals surface area (Å²) in [5.41, 5.74) is 3.55. The van der Waals surface area contributed by atoms with Gasteiger partial charge in [0.05, 0.1) is 5.52 Å². The molecule has 2 nitrogen and oxygen atoms in total. The zero-order chi connectivity index (χ0) is 13.2. The number of nitrogens with zero attached hydrogens (tertiary/aromatic N) is 1. The van der Waals surface area contributed by atoms with Crippen LogP contribution < -0.4 is 0 Å². The Morgan fingerprint density at radius 1 is 1.21 bits per heavy atom. The summed E-state index contributed by atoms with van der Waals surface area (Å²) in [6, 6.07) is 9.89. The van der Waals surface area contributed by atoms with Gasteiger partial charge in [-0.1, -0.05) is 24.3 Å². The highest BCUT2D eigenvalue weighted by atomic mass is 16.1. The number of para-hydroxylation sites is 1. The summed E-state index contributed by atoms with van der Waals surface area (Å²) < 4.78 is 0. The molecule has 0 spiro atoms. The zero-order valence-corrected chi connectivity index (χ0v) is 11.1. The molecule has 1 aromatic heterocycles. The molecule has 0 saturated carbocycles. The zero-order valence-electron chi connectivity index (χ0n) is 11.1. The Bertz CT molecular complexity index is 670. The summed E-state index contributed by atoms with van der Waals surface area (Å²) in [5, 5.41) is 1.12. The molecule has 1 aliphatic rings. The van der Waals surface area contributed by atoms with Gasteiger partial charge in [0.2, 0.25) is 5.78 Å². The van der Waals surface area contributed by atoms with Crippen LogP contribution in [0.3, 0.4) is 0 Å². The van der Waals surface area contributed by atoms with Gasteiger partial charge in [-0.2, -0.15) is 0 Å². The van der Waals surface area contributed by atoms with Crippen molar-refractivity contribution in [3.05, 3.63) is 53.2 Å². The summed E-state index contributed by atoms with van der Waals surface area (Å²) in [5.74, 6) is 0.105. The molecule has 0 fully saturated rings. The largest absolute Gasteiger partial charge is 0.287 e. The molecule has 0 amide bonds. The van der Waals surface area contributed by atoms with Crippen LogP contribution in [-0.2, 0) is 0 Å². The van der Waals surface area contributed by atoms with Crippen LogP contribution >= 0.6 is 0 Å². The minimum absolute atomic E-state index is 0.105. The Hall–Kier alpha value is -1.96. The molecule has 0 N–H and O–H groups in total. The van der Waals surface area contributed by atoms with E-state index in [0.29, 0.717) is 5.69 Å². The monoisotopic (exact) mass is 251 g/mol. The van der Waals surface area contributed by atoms with Crippen LogP contribution in [0.4, 0.5) is 0 Å². The van der Waals surface area contributed by atoms with E-state index in [-0.39, 0.29) is 5.78 Å². The van der Waals surface area contributed by atoms with Crippen LogP contribution in [-0.4, -0.2) is 10.8 Å². The van der Waals surface area contributed by atoms with E-state index in [1.807, 2.05) is 37.3 Å². The Balaban J connectivity index is 2.05. The first-order valence-corrected chi connectivity index (χ1v) is 6.86. The van der Waals surface area contributed by atoms with E-state index in [4.69, 9.17) is 0 Å². The minimum atomic E-state index is 0.105. The fourth-order valence-electron chi connectivity index (χ4n) is 2.67. The van der Waals surface area contributed by atoms with E-state index in [2.05, 4.69) is 11.1 Å². The molecule has 1 aromatic carbocycles. The Labute approximate surface area is 113 Å². The van der Waals surface area contributed by atoms with E-state index in [1.54, 1.807) is 0 Å². The number of allylic oxidation sites excluding steroid dienone is 2. The summed E-state index contributed by atoms with van der Waals surface area (Å²) in [4.78, 5) is 17.0. The molecule has 1 aliphatic carbocycles. The summed E-state index contributed by atoms with van der Waals surface area (Å²) in [6.07, 6.45) is 6.31. The molecule has 1 heterocycles. The summed E-state index contributed by atoms with van der Waals surface area (Å²) >= 11 is 0. The molecule has 0 saturated heterocycles. The van der Waals surface area contributed by atoms with Crippen molar-refractivity contribution in [1.29, 1.82) is 0 Å². The lowest BCUT2D eigenvalue weighted by atomic mass is 9.94. The maximum absolute atomic E-state index is 12.5. The first kappa shape index (κ1) is 12.1. The number of ketones is 1.